The van der Waals surface area contributed by atoms with Gasteiger partial charge in [-0.2, -0.15) is 0 Å². The van der Waals surface area contributed by atoms with Gasteiger partial charge in [0.15, 0.2) is 0 Å². The number of benzene rings is 1. The van der Waals surface area contributed by atoms with Gasteiger partial charge in [0.05, 0.1) is 17.0 Å². The number of hydrogen-bond acceptors (Lipinski definition) is 3. The van der Waals surface area contributed by atoms with Gasteiger partial charge in [-0.15, -0.1) is 0 Å². The monoisotopic (exact) mass is 257 g/mol. The van der Waals surface area contributed by atoms with Crippen molar-refractivity contribution in [2.24, 2.45) is 7.05 Å². The molecule has 0 aliphatic heterocycles. The molecule has 1 atom stereocenters. The van der Waals surface area contributed by atoms with Crippen molar-refractivity contribution in [2.75, 3.05) is 0 Å². The summed E-state index contributed by atoms with van der Waals surface area (Å²) in [5.41, 5.74) is 2.93. The minimum absolute atomic E-state index is 0.0754. The van der Waals surface area contributed by atoms with Gasteiger partial charge < -0.3 is 5.11 Å². The Balaban J connectivity index is 2.60. The molecule has 0 saturated carbocycles. The van der Waals surface area contributed by atoms with E-state index in [-0.39, 0.29) is 5.56 Å². The summed E-state index contributed by atoms with van der Waals surface area (Å²) in [6.45, 7) is 3.60. The number of rotatable bonds is 1. The second-order valence-corrected chi connectivity index (χ2v) is 4.88. The molecule has 2 heterocycles. The minimum Gasteiger partial charge on any atom is -0.387 e. The Hall–Kier alpha value is -2.14. The van der Waals surface area contributed by atoms with Crippen LogP contribution in [0.4, 0.5) is 0 Å². The lowest BCUT2D eigenvalue weighted by Crippen LogP contribution is -2.20. The quantitative estimate of drug-likeness (QED) is 0.719. The largest absolute Gasteiger partial charge is 0.387 e. The fraction of sp³-hybridized carbons (Fsp3) is 0.286. The molecule has 3 aromatic rings. The fourth-order valence-corrected chi connectivity index (χ4v) is 2.47. The van der Waals surface area contributed by atoms with Gasteiger partial charge in [0, 0.05) is 7.05 Å². The van der Waals surface area contributed by atoms with Crippen LogP contribution in [0.2, 0.25) is 0 Å². The van der Waals surface area contributed by atoms with Gasteiger partial charge in [-0.1, -0.05) is 11.6 Å². The molecule has 5 heteroatoms. The van der Waals surface area contributed by atoms with Crippen molar-refractivity contribution in [1.82, 2.24) is 14.0 Å². The van der Waals surface area contributed by atoms with Crippen LogP contribution >= 0.6 is 0 Å². The molecule has 0 aliphatic rings. The molecule has 0 radical (unpaired) electrons. The normalized spacial score (nSPS) is 13.3. The minimum atomic E-state index is -0.710. The van der Waals surface area contributed by atoms with Gasteiger partial charge in [-0.05, 0) is 26.0 Å². The smallest absolute Gasteiger partial charge is 0.261 e. The third-order valence-corrected chi connectivity index (χ3v) is 3.43. The third-order valence-electron chi connectivity index (χ3n) is 3.43. The summed E-state index contributed by atoms with van der Waals surface area (Å²) in [5.74, 6) is 0. The molecule has 0 saturated heterocycles. The first-order valence-electron chi connectivity index (χ1n) is 6.15. The molecular weight excluding hydrogens is 242 g/mol. The van der Waals surface area contributed by atoms with Gasteiger partial charge >= 0.3 is 0 Å². The molecule has 0 fully saturated rings. The molecule has 0 aliphatic carbocycles. The van der Waals surface area contributed by atoms with Crippen LogP contribution in [-0.4, -0.2) is 19.1 Å². The molecule has 0 amide bonds. The Bertz CT molecular complexity index is 843. The lowest BCUT2D eigenvalue weighted by molar-refractivity contribution is 0.196. The first kappa shape index (κ1) is 11.9. The lowest BCUT2D eigenvalue weighted by Gasteiger charge is -2.09. The topological polar surface area (TPSA) is 59.5 Å². The van der Waals surface area contributed by atoms with Crippen molar-refractivity contribution < 1.29 is 5.11 Å². The van der Waals surface area contributed by atoms with Gasteiger partial charge in [-0.3, -0.25) is 13.8 Å². The zero-order chi connectivity index (χ0) is 13.7. The molecule has 1 N–H and O–H groups in total. The highest BCUT2D eigenvalue weighted by atomic mass is 16.3. The van der Waals surface area contributed by atoms with Crippen LogP contribution in [0.25, 0.3) is 16.6 Å². The molecule has 1 unspecified atom stereocenters. The number of nitrogens with zero attached hydrogens (tertiary/aromatic N) is 3. The van der Waals surface area contributed by atoms with Crippen LogP contribution in [0.3, 0.4) is 0 Å². The summed E-state index contributed by atoms with van der Waals surface area (Å²) >= 11 is 0. The number of aromatic nitrogens is 3. The van der Waals surface area contributed by atoms with Crippen LogP contribution in [0.15, 0.2) is 29.3 Å². The zero-order valence-corrected chi connectivity index (χ0v) is 11.1. The van der Waals surface area contributed by atoms with Crippen molar-refractivity contribution in [3.05, 3.63) is 46.1 Å². The maximum absolute atomic E-state index is 12.4. The van der Waals surface area contributed by atoms with E-state index >= 15 is 0 Å². The van der Waals surface area contributed by atoms with E-state index in [1.54, 1.807) is 20.3 Å². The standard InChI is InChI=1S/C14H15N3O2/c1-8-4-5-11-10(6-8)14(19)16(3)13-12(9(2)18)15-7-17(11)13/h4-7,9,18H,1-3H3. The summed E-state index contributed by atoms with van der Waals surface area (Å²) in [7, 11) is 1.70. The second kappa shape index (κ2) is 3.93. The van der Waals surface area contributed by atoms with Gasteiger partial charge in [0.1, 0.15) is 17.7 Å². The van der Waals surface area contributed by atoms with E-state index in [0.717, 1.165) is 11.1 Å². The first-order valence-corrected chi connectivity index (χ1v) is 6.15. The van der Waals surface area contributed by atoms with Crippen molar-refractivity contribution in [2.45, 2.75) is 20.0 Å². The van der Waals surface area contributed by atoms with Gasteiger partial charge in [0.2, 0.25) is 0 Å². The fourth-order valence-electron chi connectivity index (χ4n) is 2.47. The highest BCUT2D eigenvalue weighted by Crippen LogP contribution is 2.20. The van der Waals surface area contributed by atoms with E-state index < -0.39 is 6.10 Å². The summed E-state index contributed by atoms with van der Waals surface area (Å²) in [6.07, 6.45) is 0.938. The van der Waals surface area contributed by atoms with Crippen molar-refractivity contribution >= 4 is 16.6 Å². The zero-order valence-electron chi connectivity index (χ0n) is 11.1. The Kier molecular flexibility index (Phi) is 2.46. The molecule has 0 bridgehead atoms. The number of aliphatic hydroxyl groups excluding tert-OH is 1. The summed E-state index contributed by atoms with van der Waals surface area (Å²) < 4.78 is 3.38. The number of aryl methyl sites for hydroxylation is 2. The van der Waals surface area contributed by atoms with E-state index in [9.17, 15) is 9.90 Å². The summed E-state index contributed by atoms with van der Waals surface area (Å²) in [6, 6.07) is 5.75. The maximum Gasteiger partial charge on any atom is 0.261 e. The molecular formula is C14H15N3O2. The van der Waals surface area contributed by atoms with Crippen LogP contribution in [-0.2, 0) is 7.05 Å². The maximum atomic E-state index is 12.4. The number of imidazole rings is 1. The molecule has 1 aromatic carbocycles. The Labute approximate surface area is 109 Å². The second-order valence-electron chi connectivity index (χ2n) is 4.88. The highest BCUT2D eigenvalue weighted by Gasteiger charge is 2.16. The van der Waals surface area contributed by atoms with Gasteiger partial charge in [-0.25, -0.2) is 4.98 Å². The predicted molar refractivity (Wildman–Crippen MR) is 73.3 cm³/mol. The van der Waals surface area contributed by atoms with Crippen molar-refractivity contribution in [1.29, 1.82) is 0 Å². The van der Waals surface area contributed by atoms with E-state index in [1.165, 1.54) is 4.57 Å². The molecule has 19 heavy (non-hydrogen) atoms. The Morgan fingerprint density at radius 1 is 1.37 bits per heavy atom. The van der Waals surface area contributed by atoms with E-state index in [4.69, 9.17) is 0 Å². The highest BCUT2D eigenvalue weighted by molar-refractivity contribution is 5.81. The lowest BCUT2D eigenvalue weighted by atomic mass is 10.1. The summed E-state index contributed by atoms with van der Waals surface area (Å²) in [5, 5.41) is 10.4. The number of fused-ring (bicyclic) bond motifs is 3. The van der Waals surface area contributed by atoms with Crippen molar-refractivity contribution in [3.8, 4) is 0 Å². The van der Waals surface area contributed by atoms with E-state index in [0.29, 0.717) is 16.7 Å². The SMILES string of the molecule is Cc1ccc2c(c1)c(=O)n(C)c1c(C(C)O)ncn21. The van der Waals surface area contributed by atoms with Crippen LogP contribution in [0, 0.1) is 6.92 Å². The third kappa shape index (κ3) is 1.58. The van der Waals surface area contributed by atoms with E-state index in [2.05, 4.69) is 4.98 Å². The Morgan fingerprint density at radius 2 is 2.11 bits per heavy atom. The van der Waals surface area contributed by atoms with Crippen molar-refractivity contribution in [3.63, 3.8) is 0 Å². The van der Waals surface area contributed by atoms with E-state index in [1.807, 2.05) is 29.5 Å². The molecule has 0 spiro atoms. The van der Waals surface area contributed by atoms with Gasteiger partial charge in [0.25, 0.3) is 5.56 Å². The number of aliphatic hydroxyl groups is 1. The van der Waals surface area contributed by atoms with Crippen LogP contribution in [0.1, 0.15) is 24.3 Å². The molecule has 2 aromatic heterocycles. The number of hydrogen-bond donors (Lipinski definition) is 1. The average Bonchev–Trinajstić information content (AvgIpc) is 2.80. The predicted octanol–water partition coefficient (Wildman–Crippen LogP) is 1.55. The first-order chi connectivity index (χ1) is 9.00. The van der Waals surface area contributed by atoms with Crippen LogP contribution < -0.4 is 5.56 Å². The summed E-state index contributed by atoms with van der Waals surface area (Å²) in [4.78, 5) is 16.6. The Morgan fingerprint density at radius 3 is 2.79 bits per heavy atom. The molecule has 98 valence electrons. The molecule has 5 nitrogen and oxygen atoms in total. The van der Waals surface area contributed by atoms with Crippen LogP contribution in [0.5, 0.6) is 0 Å². The molecule has 3 rings (SSSR count). The average molecular weight is 257 g/mol.